The van der Waals surface area contributed by atoms with E-state index in [-0.39, 0.29) is 11.9 Å². The summed E-state index contributed by atoms with van der Waals surface area (Å²) in [5, 5.41) is 4.08. The van der Waals surface area contributed by atoms with E-state index in [1.807, 2.05) is 12.1 Å². The Morgan fingerprint density at radius 1 is 1.08 bits per heavy atom. The second-order valence-corrected chi connectivity index (χ2v) is 8.92. The predicted molar refractivity (Wildman–Crippen MR) is 99.0 cm³/mol. The van der Waals surface area contributed by atoms with E-state index in [1.165, 1.54) is 38.5 Å². The number of nitrogens with one attached hydrogen (secondary N) is 3. The number of carbonyl (C=O) groups excluding carboxylic acids is 1. The van der Waals surface area contributed by atoms with Gasteiger partial charge in [-0.25, -0.2) is 10.9 Å². The molecule has 1 aromatic heterocycles. The summed E-state index contributed by atoms with van der Waals surface area (Å²) in [6.45, 7) is 0. The van der Waals surface area contributed by atoms with Gasteiger partial charge in [0, 0.05) is 18.4 Å². The molecule has 2 heterocycles. The highest BCUT2D eigenvalue weighted by Crippen LogP contribution is 2.61. The molecule has 0 radical (unpaired) electrons. The van der Waals surface area contributed by atoms with Crippen molar-refractivity contribution < 1.29 is 4.79 Å². The van der Waals surface area contributed by atoms with Gasteiger partial charge < -0.3 is 0 Å². The average molecular weight is 353 g/mol. The molecule has 1 aromatic rings. The Balaban J connectivity index is 1.20. The molecule has 1 aliphatic heterocycles. The highest BCUT2D eigenvalue weighted by molar-refractivity contribution is 5.85. The topological polar surface area (TPSA) is 78.4 Å². The molecule has 5 fully saturated rings. The number of hydrogen-bond donors (Lipinski definition) is 3. The first kappa shape index (κ1) is 16.4. The van der Waals surface area contributed by atoms with Crippen molar-refractivity contribution in [2.75, 3.05) is 0 Å². The van der Waals surface area contributed by atoms with Crippen LogP contribution in [0.3, 0.4) is 0 Å². The van der Waals surface area contributed by atoms with Crippen LogP contribution in [0.5, 0.6) is 0 Å². The number of pyridine rings is 1. The Bertz CT molecular complexity index is 668. The zero-order chi connectivity index (χ0) is 17.6. The molecule has 0 aromatic carbocycles. The van der Waals surface area contributed by atoms with Crippen molar-refractivity contribution in [1.29, 1.82) is 0 Å². The minimum absolute atomic E-state index is 0.0602. The standard InChI is InChI=1S/C20H27N5O/c26-19(25-22-12-13-1-3-21-4-2-13)17-8-18(24-23-17)20-9-14-5-15(10-20)7-16(6-14)11-20/h1-4,12,14-18,23-24H,5-11H2,(H,25,26)/b22-12+. The number of hydrogen-bond acceptors (Lipinski definition) is 5. The summed E-state index contributed by atoms with van der Waals surface area (Å²) in [7, 11) is 0. The van der Waals surface area contributed by atoms with Crippen LogP contribution in [0.25, 0.3) is 0 Å². The summed E-state index contributed by atoms with van der Waals surface area (Å²) < 4.78 is 0. The second-order valence-electron chi connectivity index (χ2n) is 8.92. The maximum atomic E-state index is 12.5. The lowest BCUT2D eigenvalue weighted by atomic mass is 9.47. The lowest BCUT2D eigenvalue weighted by Gasteiger charge is -2.59. The maximum Gasteiger partial charge on any atom is 0.258 e. The van der Waals surface area contributed by atoms with Crippen molar-refractivity contribution in [3.05, 3.63) is 30.1 Å². The molecule has 0 spiro atoms. The van der Waals surface area contributed by atoms with Gasteiger partial charge in [-0.05, 0) is 85.8 Å². The number of aromatic nitrogens is 1. The fourth-order valence-electron chi connectivity index (χ4n) is 6.43. The quantitative estimate of drug-likeness (QED) is 0.571. The zero-order valence-corrected chi connectivity index (χ0v) is 15.0. The van der Waals surface area contributed by atoms with Crippen LogP contribution in [0.2, 0.25) is 0 Å². The first-order chi connectivity index (χ1) is 12.7. The van der Waals surface area contributed by atoms with Gasteiger partial charge in [-0.15, -0.1) is 0 Å². The number of amides is 1. The van der Waals surface area contributed by atoms with E-state index in [1.54, 1.807) is 18.6 Å². The van der Waals surface area contributed by atoms with Gasteiger partial charge in [0.25, 0.3) is 5.91 Å². The average Bonchev–Trinajstić information content (AvgIpc) is 3.13. The number of rotatable bonds is 4. The highest BCUT2D eigenvalue weighted by atomic mass is 16.2. The smallest absolute Gasteiger partial charge is 0.258 e. The third kappa shape index (κ3) is 2.95. The van der Waals surface area contributed by atoms with Gasteiger partial charge in [-0.1, -0.05) is 0 Å². The molecule has 6 rings (SSSR count). The lowest BCUT2D eigenvalue weighted by molar-refractivity contribution is -0.123. The number of carbonyl (C=O) groups is 1. The first-order valence-corrected chi connectivity index (χ1v) is 9.94. The van der Waals surface area contributed by atoms with Crippen molar-refractivity contribution >= 4 is 12.1 Å². The molecule has 26 heavy (non-hydrogen) atoms. The van der Waals surface area contributed by atoms with Gasteiger partial charge in [-0.3, -0.25) is 15.2 Å². The Kier molecular flexibility index (Phi) is 4.05. The van der Waals surface area contributed by atoms with Crippen LogP contribution in [0.15, 0.2) is 29.6 Å². The zero-order valence-electron chi connectivity index (χ0n) is 15.0. The van der Waals surface area contributed by atoms with Crippen LogP contribution in [-0.4, -0.2) is 29.2 Å². The summed E-state index contributed by atoms with van der Waals surface area (Å²) in [5.41, 5.74) is 10.7. The van der Waals surface area contributed by atoms with Gasteiger partial charge >= 0.3 is 0 Å². The summed E-state index contributed by atoms with van der Waals surface area (Å²) >= 11 is 0. The molecule has 3 N–H and O–H groups in total. The molecule has 4 aliphatic carbocycles. The van der Waals surface area contributed by atoms with Crippen LogP contribution in [-0.2, 0) is 4.79 Å². The first-order valence-electron chi connectivity index (χ1n) is 9.94. The fraction of sp³-hybridized carbons (Fsp3) is 0.650. The fourth-order valence-corrected chi connectivity index (χ4v) is 6.43. The third-order valence-electron chi connectivity index (χ3n) is 7.14. The van der Waals surface area contributed by atoms with E-state index >= 15 is 0 Å². The van der Waals surface area contributed by atoms with Crippen molar-refractivity contribution in [2.24, 2.45) is 28.3 Å². The molecule has 4 bridgehead atoms. The van der Waals surface area contributed by atoms with Crippen molar-refractivity contribution in [2.45, 2.75) is 57.0 Å². The van der Waals surface area contributed by atoms with Gasteiger partial charge in [0.2, 0.25) is 0 Å². The monoisotopic (exact) mass is 353 g/mol. The molecule has 1 amide bonds. The summed E-state index contributed by atoms with van der Waals surface area (Å²) in [6, 6.07) is 3.92. The van der Waals surface area contributed by atoms with Gasteiger partial charge in [0.1, 0.15) is 6.04 Å². The summed E-state index contributed by atoms with van der Waals surface area (Å²) in [5.74, 6) is 2.73. The van der Waals surface area contributed by atoms with E-state index in [0.29, 0.717) is 11.5 Å². The third-order valence-corrected chi connectivity index (χ3v) is 7.14. The molecule has 4 saturated carbocycles. The van der Waals surface area contributed by atoms with Crippen LogP contribution >= 0.6 is 0 Å². The number of nitrogens with zero attached hydrogens (tertiary/aromatic N) is 2. The van der Waals surface area contributed by atoms with E-state index < -0.39 is 0 Å². The number of hydrazine groups is 1. The molecule has 6 heteroatoms. The summed E-state index contributed by atoms with van der Waals surface area (Å²) in [6.07, 6.45) is 14.4. The van der Waals surface area contributed by atoms with Crippen molar-refractivity contribution in [1.82, 2.24) is 21.3 Å². The minimum atomic E-state index is -0.206. The van der Waals surface area contributed by atoms with Gasteiger partial charge in [-0.2, -0.15) is 5.10 Å². The Morgan fingerprint density at radius 2 is 1.73 bits per heavy atom. The Hall–Kier alpha value is -1.79. The van der Waals surface area contributed by atoms with Crippen LogP contribution in [0, 0.1) is 23.2 Å². The van der Waals surface area contributed by atoms with E-state index in [9.17, 15) is 4.79 Å². The van der Waals surface area contributed by atoms with E-state index in [0.717, 1.165) is 29.7 Å². The van der Waals surface area contributed by atoms with Crippen LogP contribution in [0.1, 0.15) is 50.5 Å². The molecular weight excluding hydrogens is 326 g/mol. The van der Waals surface area contributed by atoms with Crippen molar-refractivity contribution in [3.63, 3.8) is 0 Å². The summed E-state index contributed by atoms with van der Waals surface area (Å²) in [4.78, 5) is 16.4. The van der Waals surface area contributed by atoms with E-state index in [4.69, 9.17) is 0 Å². The minimum Gasteiger partial charge on any atom is -0.271 e. The molecule has 2 atom stereocenters. The maximum absolute atomic E-state index is 12.5. The normalized spacial score (nSPS) is 41.0. The van der Waals surface area contributed by atoms with Gasteiger partial charge in [0.15, 0.2) is 0 Å². The Labute approximate surface area is 154 Å². The molecule has 1 saturated heterocycles. The molecule has 2 unspecified atom stereocenters. The molecule has 5 aliphatic rings. The van der Waals surface area contributed by atoms with Gasteiger partial charge in [0.05, 0.1) is 6.21 Å². The van der Waals surface area contributed by atoms with Crippen LogP contribution < -0.4 is 16.3 Å². The van der Waals surface area contributed by atoms with E-state index in [2.05, 4.69) is 26.4 Å². The molecule has 6 nitrogen and oxygen atoms in total. The lowest BCUT2D eigenvalue weighted by Crippen LogP contribution is -2.55. The SMILES string of the molecule is O=C(N/N=C/c1ccncc1)C1CC(C23CC4CC(CC(C4)C2)C3)NN1. The largest absolute Gasteiger partial charge is 0.271 e. The highest BCUT2D eigenvalue weighted by Gasteiger charge is 2.55. The predicted octanol–water partition coefficient (Wildman–Crippen LogP) is 1.98. The second kappa shape index (κ2) is 6.43. The number of hydrazone groups is 1. The Morgan fingerprint density at radius 3 is 2.38 bits per heavy atom. The molecule has 138 valence electrons. The van der Waals surface area contributed by atoms with Crippen LogP contribution in [0.4, 0.5) is 0 Å². The molecular formula is C20H27N5O. The van der Waals surface area contributed by atoms with Crippen molar-refractivity contribution in [3.8, 4) is 0 Å².